The molecule has 3 heteroatoms. The molecule has 0 saturated carbocycles. The minimum atomic E-state index is -0.225. The molecule has 0 aromatic heterocycles. The highest BCUT2D eigenvalue weighted by molar-refractivity contribution is 5.75. The van der Waals surface area contributed by atoms with Crippen LogP contribution in [0, 0.1) is 0 Å². The number of carbonyl (C=O) groups is 1. The lowest BCUT2D eigenvalue weighted by atomic mass is 10.1. The molecule has 0 amide bonds. The van der Waals surface area contributed by atoms with Crippen LogP contribution in [0.1, 0.15) is 12.5 Å². The first-order valence-electron chi connectivity index (χ1n) is 5.04. The van der Waals surface area contributed by atoms with Crippen molar-refractivity contribution in [2.45, 2.75) is 13.3 Å². The minimum Gasteiger partial charge on any atom is -0.468 e. The predicted octanol–water partition coefficient (Wildman–Crippen LogP) is 1.86. The van der Waals surface area contributed by atoms with Crippen LogP contribution in [0.15, 0.2) is 24.3 Å². The van der Waals surface area contributed by atoms with E-state index in [9.17, 15) is 4.79 Å². The molecule has 0 N–H and O–H groups in total. The van der Waals surface area contributed by atoms with Gasteiger partial charge in [0, 0.05) is 12.7 Å². The van der Waals surface area contributed by atoms with Crippen molar-refractivity contribution < 1.29 is 9.53 Å². The van der Waals surface area contributed by atoms with E-state index in [1.54, 1.807) is 0 Å². The highest BCUT2D eigenvalue weighted by atomic mass is 16.5. The molecule has 15 heavy (non-hydrogen) atoms. The average Bonchev–Trinajstić information content (AvgIpc) is 2.29. The first kappa shape index (κ1) is 11.6. The molecule has 0 atom stereocenters. The topological polar surface area (TPSA) is 29.5 Å². The summed E-state index contributed by atoms with van der Waals surface area (Å²) >= 11 is 0. The number of anilines is 1. The Labute approximate surface area is 90.7 Å². The summed E-state index contributed by atoms with van der Waals surface area (Å²) in [4.78, 5) is 12.9. The molecule has 0 aliphatic heterocycles. The standard InChI is InChI=1S/C12H17NO2/c1-4-10-5-7-11(8-6-10)13(2)9-12(14)15-3/h5-8H,4,9H2,1-3H3. The first-order chi connectivity index (χ1) is 7.17. The number of ether oxygens (including phenoxy) is 1. The Morgan fingerprint density at radius 3 is 2.40 bits per heavy atom. The fourth-order valence-electron chi connectivity index (χ4n) is 1.34. The Kier molecular flexibility index (Phi) is 4.16. The van der Waals surface area contributed by atoms with E-state index in [0.717, 1.165) is 12.1 Å². The van der Waals surface area contributed by atoms with Gasteiger partial charge in [-0.05, 0) is 24.1 Å². The van der Waals surface area contributed by atoms with E-state index in [1.165, 1.54) is 12.7 Å². The van der Waals surface area contributed by atoms with Crippen molar-refractivity contribution in [2.75, 3.05) is 25.6 Å². The number of methoxy groups -OCH3 is 1. The van der Waals surface area contributed by atoms with E-state index < -0.39 is 0 Å². The zero-order chi connectivity index (χ0) is 11.3. The summed E-state index contributed by atoms with van der Waals surface area (Å²) in [5.41, 5.74) is 2.32. The monoisotopic (exact) mass is 207 g/mol. The number of hydrogen-bond donors (Lipinski definition) is 0. The molecule has 0 radical (unpaired) electrons. The Hall–Kier alpha value is -1.51. The van der Waals surface area contributed by atoms with Crippen LogP contribution in [0.2, 0.25) is 0 Å². The van der Waals surface area contributed by atoms with Gasteiger partial charge in [-0.2, -0.15) is 0 Å². The van der Waals surface area contributed by atoms with Crippen LogP contribution < -0.4 is 4.90 Å². The average molecular weight is 207 g/mol. The van der Waals surface area contributed by atoms with Crippen LogP contribution in [0.4, 0.5) is 5.69 Å². The lowest BCUT2D eigenvalue weighted by molar-refractivity contribution is -0.138. The van der Waals surface area contributed by atoms with Gasteiger partial charge in [0.05, 0.1) is 7.11 Å². The second kappa shape index (κ2) is 5.39. The maximum absolute atomic E-state index is 11.1. The van der Waals surface area contributed by atoms with Gasteiger partial charge in [0.2, 0.25) is 0 Å². The molecular weight excluding hydrogens is 190 g/mol. The summed E-state index contributed by atoms with van der Waals surface area (Å²) in [5.74, 6) is -0.225. The molecule has 82 valence electrons. The number of benzene rings is 1. The molecule has 0 spiro atoms. The number of likely N-dealkylation sites (N-methyl/N-ethyl adjacent to an activating group) is 1. The van der Waals surface area contributed by atoms with Gasteiger partial charge in [0.15, 0.2) is 0 Å². The van der Waals surface area contributed by atoms with Crippen LogP contribution in [-0.4, -0.2) is 26.7 Å². The van der Waals surface area contributed by atoms with Gasteiger partial charge in [-0.1, -0.05) is 19.1 Å². The summed E-state index contributed by atoms with van der Waals surface area (Å²) in [7, 11) is 3.27. The second-order valence-electron chi connectivity index (χ2n) is 3.45. The van der Waals surface area contributed by atoms with E-state index in [-0.39, 0.29) is 12.5 Å². The van der Waals surface area contributed by atoms with Gasteiger partial charge in [0.1, 0.15) is 6.54 Å². The Morgan fingerprint density at radius 1 is 1.33 bits per heavy atom. The number of aryl methyl sites for hydroxylation is 1. The van der Waals surface area contributed by atoms with E-state index >= 15 is 0 Å². The smallest absolute Gasteiger partial charge is 0.325 e. The highest BCUT2D eigenvalue weighted by Gasteiger charge is 2.06. The third-order valence-electron chi connectivity index (χ3n) is 2.38. The van der Waals surface area contributed by atoms with Crippen molar-refractivity contribution in [3.8, 4) is 0 Å². The Balaban J connectivity index is 2.65. The van der Waals surface area contributed by atoms with Crippen LogP contribution in [0.25, 0.3) is 0 Å². The van der Waals surface area contributed by atoms with E-state index in [0.29, 0.717) is 0 Å². The number of esters is 1. The van der Waals surface area contributed by atoms with Gasteiger partial charge in [-0.15, -0.1) is 0 Å². The molecule has 1 rings (SSSR count). The van der Waals surface area contributed by atoms with E-state index in [4.69, 9.17) is 0 Å². The molecule has 1 aromatic carbocycles. The Bertz CT molecular complexity index is 319. The number of carbonyl (C=O) groups excluding carboxylic acids is 1. The molecule has 3 nitrogen and oxygen atoms in total. The third kappa shape index (κ3) is 3.27. The van der Waals surface area contributed by atoms with Gasteiger partial charge in [0.25, 0.3) is 0 Å². The molecule has 0 heterocycles. The third-order valence-corrected chi connectivity index (χ3v) is 2.38. The maximum Gasteiger partial charge on any atom is 0.325 e. The van der Waals surface area contributed by atoms with E-state index in [2.05, 4.69) is 23.8 Å². The summed E-state index contributed by atoms with van der Waals surface area (Å²) < 4.78 is 4.61. The zero-order valence-corrected chi connectivity index (χ0v) is 9.49. The summed E-state index contributed by atoms with van der Waals surface area (Å²) in [6.45, 7) is 2.40. The van der Waals surface area contributed by atoms with Crippen LogP contribution >= 0.6 is 0 Å². The summed E-state index contributed by atoms with van der Waals surface area (Å²) in [6, 6.07) is 8.18. The zero-order valence-electron chi connectivity index (χ0n) is 9.49. The molecule has 0 unspecified atom stereocenters. The van der Waals surface area contributed by atoms with Crippen molar-refractivity contribution in [2.24, 2.45) is 0 Å². The molecule has 0 saturated heterocycles. The highest BCUT2D eigenvalue weighted by Crippen LogP contribution is 2.13. The molecule has 0 fully saturated rings. The fraction of sp³-hybridized carbons (Fsp3) is 0.417. The van der Waals surface area contributed by atoms with Crippen molar-refractivity contribution in [3.63, 3.8) is 0 Å². The van der Waals surface area contributed by atoms with Gasteiger partial charge >= 0.3 is 5.97 Å². The first-order valence-corrected chi connectivity index (χ1v) is 5.04. The maximum atomic E-state index is 11.1. The largest absolute Gasteiger partial charge is 0.468 e. The fourth-order valence-corrected chi connectivity index (χ4v) is 1.34. The summed E-state index contributed by atoms with van der Waals surface area (Å²) in [5, 5.41) is 0. The van der Waals surface area contributed by atoms with Gasteiger partial charge in [-0.3, -0.25) is 4.79 Å². The Morgan fingerprint density at radius 2 is 1.93 bits per heavy atom. The second-order valence-corrected chi connectivity index (χ2v) is 3.45. The lowest BCUT2D eigenvalue weighted by Gasteiger charge is -2.17. The molecule has 0 bridgehead atoms. The van der Waals surface area contributed by atoms with Crippen molar-refractivity contribution in [1.29, 1.82) is 0 Å². The van der Waals surface area contributed by atoms with Crippen molar-refractivity contribution in [3.05, 3.63) is 29.8 Å². The number of rotatable bonds is 4. The summed E-state index contributed by atoms with van der Waals surface area (Å²) in [6.07, 6.45) is 1.03. The van der Waals surface area contributed by atoms with Crippen LogP contribution in [-0.2, 0) is 16.0 Å². The number of nitrogens with zero attached hydrogens (tertiary/aromatic N) is 1. The number of hydrogen-bond acceptors (Lipinski definition) is 3. The molecule has 1 aromatic rings. The minimum absolute atomic E-state index is 0.225. The molecule has 0 aliphatic rings. The van der Waals surface area contributed by atoms with Crippen molar-refractivity contribution >= 4 is 11.7 Å². The molecule has 0 aliphatic carbocycles. The SMILES string of the molecule is CCc1ccc(N(C)CC(=O)OC)cc1. The quantitative estimate of drug-likeness (QED) is 0.706. The predicted molar refractivity (Wildman–Crippen MR) is 61.1 cm³/mol. The normalized spacial score (nSPS) is 9.80. The van der Waals surface area contributed by atoms with Gasteiger partial charge in [-0.25, -0.2) is 0 Å². The molecular formula is C12H17NO2. The van der Waals surface area contributed by atoms with Crippen molar-refractivity contribution in [1.82, 2.24) is 0 Å². The van der Waals surface area contributed by atoms with Crippen LogP contribution in [0.3, 0.4) is 0 Å². The van der Waals surface area contributed by atoms with E-state index in [1.807, 2.05) is 24.1 Å². The lowest BCUT2D eigenvalue weighted by Crippen LogP contribution is -2.26. The van der Waals surface area contributed by atoms with Gasteiger partial charge < -0.3 is 9.64 Å². The van der Waals surface area contributed by atoms with Crippen LogP contribution in [0.5, 0.6) is 0 Å².